The topological polar surface area (TPSA) is 52.6 Å². The van der Waals surface area contributed by atoms with Gasteiger partial charge in [0.05, 0.1) is 16.7 Å². The normalized spacial score (nSPS) is 10.8. The molecule has 0 unspecified atom stereocenters. The lowest BCUT2D eigenvalue weighted by molar-refractivity contribution is -0.143. The molecule has 0 aliphatic heterocycles. The Morgan fingerprint density at radius 2 is 1.26 bits per heavy atom. The van der Waals surface area contributed by atoms with Crippen LogP contribution in [0.1, 0.15) is 103 Å². The molecule has 0 saturated heterocycles. The molecule has 0 amide bonds. The van der Waals surface area contributed by atoms with Crippen LogP contribution in [0, 0.1) is 0 Å². The van der Waals surface area contributed by atoms with E-state index in [4.69, 9.17) is 32.7 Å². The van der Waals surface area contributed by atoms with Crippen LogP contribution in [0.15, 0.2) is 18.2 Å². The monoisotopic (exact) mass is 472 g/mol. The summed E-state index contributed by atoms with van der Waals surface area (Å²) in [6.07, 6.45) is 15.5. The molecule has 31 heavy (non-hydrogen) atoms. The van der Waals surface area contributed by atoms with Crippen molar-refractivity contribution in [1.29, 1.82) is 0 Å². The van der Waals surface area contributed by atoms with E-state index in [1.807, 2.05) is 0 Å². The average molecular weight is 473 g/mol. The van der Waals surface area contributed by atoms with Gasteiger partial charge in [-0.3, -0.25) is 9.59 Å². The fraction of sp³-hybridized carbons (Fsp3) is 0.680. The van der Waals surface area contributed by atoms with Crippen molar-refractivity contribution in [2.45, 2.75) is 103 Å². The minimum atomic E-state index is -0.318. The number of benzene rings is 1. The molecular weight excluding hydrogens is 435 g/mol. The highest BCUT2D eigenvalue weighted by molar-refractivity contribution is 6.42. The first-order valence-corrected chi connectivity index (χ1v) is 12.6. The summed E-state index contributed by atoms with van der Waals surface area (Å²) in [5.74, 6) is -0.0776. The van der Waals surface area contributed by atoms with Crippen molar-refractivity contribution in [1.82, 2.24) is 0 Å². The van der Waals surface area contributed by atoms with Gasteiger partial charge < -0.3 is 9.47 Å². The fourth-order valence-electron chi connectivity index (χ4n) is 3.29. The summed E-state index contributed by atoms with van der Waals surface area (Å²) in [7, 11) is 0. The predicted octanol–water partition coefficient (Wildman–Crippen LogP) is 8.31. The predicted molar refractivity (Wildman–Crippen MR) is 128 cm³/mol. The van der Waals surface area contributed by atoms with Gasteiger partial charge in [-0.2, -0.15) is 0 Å². The number of unbranched alkanes of at least 4 members (excludes halogenated alkanes) is 11. The standard InChI is InChI=1S/C25H38Cl2O4/c1-2-3-4-5-6-7-8-9-10-14-19-30-24(28)15-12-11-13-16-25(29)31-21-17-18-22(26)23(27)20-21/h17-18,20H,2-16,19H2,1H3. The summed E-state index contributed by atoms with van der Waals surface area (Å²) < 4.78 is 10.5. The molecule has 0 atom stereocenters. The molecule has 0 spiro atoms. The summed E-state index contributed by atoms with van der Waals surface area (Å²) in [4.78, 5) is 23.6. The SMILES string of the molecule is CCCCCCCCCCCCOC(=O)CCCCCC(=O)Oc1ccc(Cl)c(Cl)c1. The van der Waals surface area contributed by atoms with Crippen molar-refractivity contribution in [3.63, 3.8) is 0 Å². The Bertz CT molecular complexity index is 634. The van der Waals surface area contributed by atoms with Gasteiger partial charge in [0.15, 0.2) is 0 Å². The van der Waals surface area contributed by atoms with Gasteiger partial charge in [0.2, 0.25) is 0 Å². The molecule has 0 fully saturated rings. The van der Waals surface area contributed by atoms with E-state index >= 15 is 0 Å². The number of carbonyl (C=O) groups excluding carboxylic acids is 2. The van der Waals surface area contributed by atoms with Crippen molar-refractivity contribution in [3.05, 3.63) is 28.2 Å². The third-order valence-corrected chi connectivity index (χ3v) is 5.88. The van der Waals surface area contributed by atoms with Gasteiger partial charge >= 0.3 is 11.9 Å². The van der Waals surface area contributed by atoms with Gasteiger partial charge in [-0.05, 0) is 31.4 Å². The summed E-state index contributed by atoms with van der Waals surface area (Å²) >= 11 is 11.7. The van der Waals surface area contributed by atoms with Crippen molar-refractivity contribution in [2.75, 3.05) is 6.61 Å². The smallest absolute Gasteiger partial charge is 0.311 e. The van der Waals surface area contributed by atoms with Crippen LogP contribution in [0.25, 0.3) is 0 Å². The van der Waals surface area contributed by atoms with Crippen LogP contribution in [0.4, 0.5) is 0 Å². The number of hydrogen-bond acceptors (Lipinski definition) is 4. The molecule has 0 aromatic heterocycles. The Balaban J connectivity index is 1.91. The molecule has 4 nitrogen and oxygen atoms in total. The van der Waals surface area contributed by atoms with Gasteiger partial charge in [-0.1, -0.05) is 94.3 Å². The Labute approximate surface area is 198 Å². The summed E-state index contributed by atoms with van der Waals surface area (Å²) in [6, 6.07) is 4.72. The molecule has 0 aliphatic carbocycles. The maximum atomic E-state index is 11.8. The summed E-state index contributed by atoms with van der Waals surface area (Å²) in [6.45, 7) is 2.76. The van der Waals surface area contributed by atoms with E-state index in [2.05, 4.69) is 6.92 Å². The zero-order chi connectivity index (χ0) is 22.7. The first-order valence-electron chi connectivity index (χ1n) is 11.8. The lowest BCUT2D eigenvalue weighted by atomic mass is 10.1. The van der Waals surface area contributed by atoms with Crippen LogP contribution in [-0.4, -0.2) is 18.5 Å². The van der Waals surface area contributed by atoms with E-state index in [1.54, 1.807) is 12.1 Å². The zero-order valence-electron chi connectivity index (χ0n) is 18.9. The Hall–Kier alpha value is -1.26. The van der Waals surface area contributed by atoms with Crippen molar-refractivity contribution >= 4 is 35.1 Å². The number of rotatable bonds is 18. The highest BCUT2D eigenvalue weighted by atomic mass is 35.5. The molecule has 1 rings (SSSR count). The summed E-state index contributed by atoms with van der Waals surface area (Å²) in [5, 5.41) is 0.768. The number of hydrogen-bond donors (Lipinski definition) is 0. The van der Waals surface area contributed by atoms with E-state index in [1.165, 1.54) is 57.4 Å². The van der Waals surface area contributed by atoms with Crippen molar-refractivity contribution < 1.29 is 19.1 Å². The van der Waals surface area contributed by atoms with Gasteiger partial charge in [-0.25, -0.2) is 0 Å². The van der Waals surface area contributed by atoms with Crippen molar-refractivity contribution in [2.24, 2.45) is 0 Å². The number of esters is 2. The van der Waals surface area contributed by atoms with Gasteiger partial charge in [-0.15, -0.1) is 0 Å². The number of carbonyl (C=O) groups is 2. The molecule has 176 valence electrons. The van der Waals surface area contributed by atoms with Gasteiger partial charge in [0, 0.05) is 18.9 Å². The minimum absolute atomic E-state index is 0.144. The number of halogens is 2. The lowest BCUT2D eigenvalue weighted by Gasteiger charge is -2.06. The molecule has 0 N–H and O–H groups in total. The minimum Gasteiger partial charge on any atom is -0.466 e. The lowest BCUT2D eigenvalue weighted by Crippen LogP contribution is -2.08. The van der Waals surface area contributed by atoms with Gasteiger partial charge in [0.1, 0.15) is 5.75 Å². The van der Waals surface area contributed by atoms with E-state index in [9.17, 15) is 9.59 Å². The molecule has 0 bridgehead atoms. The molecule has 1 aromatic rings. The van der Waals surface area contributed by atoms with E-state index in [-0.39, 0.29) is 11.9 Å². The highest BCUT2D eigenvalue weighted by Gasteiger charge is 2.08. The van der Waals surface area contributed by atoms with Crippen molar-refractivity contribution in [3.8, 4) is 5.75 Å². The first kappa shape index (κ1) is 27.8. The Morgan fingerprint density at radius 3 is 1.87 bits per heavy atom. The molecule has 0 saturated carbocycles. The molecule has 0 aliphatic rings. The maximum absolute atomic E-state index is 11.8. The van der Waals surface area contributed by atoms with Crippen LogP contribution < -0.4 is 4.74 Å². The van der Waals surface area contributed by atoms with E-state index in [0.29, 0.717) is 41.7 Å². The Morgan fingerprint density at radius 1 is 0.710 bits per heavy atom. The molecule has 1 aromatic carbocycles. The fourth-order valence-corrected chi connectivity index (χ4v) is 3.57. The molecular formula is C25H38Cl2O4. The van der Waals surface area contributed by atoms with Crippen LogP contribution >= 0.6 is 23.2 Å². The van der Waals surface area contributed by atoms with E-state index < -0.39 is 0 Å². The van der Waals surface area contributed by atoms with E-state index in [0.717, 1.165) is 25.7 Å². The maximum Gasteiger partial charge on any atom is 0.311 e. The van der Waals surface area contributed by atoms with Crippen LogP contribution in [0.5, 0.6) is 5.75 Å². The highest BCUT2D eigenvalue weighted by Crippen LogP contribution is 2.26. The van der Waals surface area contributed by atoms with Crippen LogP contribution in [0.2, 0.25) is 10.0 Å². The average Bonchev–Trinajstić information content (AvgIpc) is 2.74. The van der Waals surface area contributed by atoms with Crippen LogP contribution in [0.3, 0.4) is 0 Å². The van der Waals surface area contributed by atoms with Crippen LogP contribution in [-0.2, 0) is 14.3 Å². The largest absolute Gasteiger partial charge is 0.466 e. The molecule has 0 radical (unpaired) electrons. The van der Waals surface area contributed by atoms with Gasteiger partial charge in [0.25, 0.3) is 0 Å². The zero-order valence-corrected chi connectivity index (χ0v) is 20.4. The Kier molecular flexibility index (Phi) is 16.4. The molecule has 6 heteroatoms. The first-order chi connectivity index (χ1) is 15.0. The molecule has 0 heterocycles. The second-order valence-corrected chi connectivity index (χ2v) is 8.83. The number of ether oxygens (including phenoxy) is 2. The second kappa shape index (κ2) is 18.3. The third-order valence-electron chi connectivity index (χ3n) is 5.15. The summed E-state index contributed by atoms with van der Waals surface area (Å²) in [5.41, 5.74) is 0. The third kappa shape index (κ3) is 15.2. The second-order valence-electron chi connectivity index (χ2n) is 8.01. The quantitative estimate of drug-likeness (QED) is 0.122.